The van der Waals surface area contributed by atoms with Crippen LogP contribution in [0.25, 0.3) is 0 Å². The molecule has 0 fully saturated rings. The van der Waals surface area contributed by atoms with E-state index in [0.29, 0.717) is 10.3 Å². The standard InChI is InChI=1S/C5H6Cl2N2S/c1-10-3-9-2-8-4(6)5(9)7/h2H,3H2,1H3. The van der Waals surface area contributed by atoms with Crippen molar-refractivity contribution in [1.82, 2.24) is 9.55 Å². The molecule has 1 aromatic rings. The van der Waals surface area contributed by atoms with Gasteiger partial charge in [0.05, 0.1) is 12.2 Å². The quantitative estimate of drug-likeness (QED) is 0.724. The van der Waals surface area contributed by atoms with E-state index in [1.165, 1.54) is 0 Å². The number of imidazole rings is 1. The number of aromatic nitrogens is 2. The van der Waals surface area contributed by atoms with Gasteiger partial charge in [-0.15, -0.1) is 11.8 Å². The summed E-state index contributed by atoms with van der Waals surface area (Å²) >= 11 is 13.0. The molecule has 0 amide bonds. The van der Waals surface area contributed by atoms with E-state index in [-0.39, 0.29) is 0 Å². The molecule has 56 valence electrons. The number of hydrogen-bond donors (Lipinski definition) is 0. The van der Waals surface area contributed by atoms with Gasteiger partial charge in [-0.1, -0.05) is 23.2 Å². The maximum absolute atomic E-state index is 5.74. The maximum atomic E-state index is 5.74. The zero-order valence-corrected chi connectivity index (χ0v) is 7.67. The van der Waals surface area contributed by atoms with E-state index in [9.17, 15) is 0 Å². The highest BCUT2D eigenvalue weighted by Crippen LogP contribution is 2.20. The SMILES string of the molecule is CSCn1cnc(Cl)c1Cl. The van der Waals surface area contributed by atoms with E-state index in [1.807, 2.05) is 6.26 Å². The third kappa shape index (κ3) is 1.59. The summed E-state index contributed by atoms with van der Waals surface area (Å²) in [6, 6.07) is 0. The minimum atomic E-state index is 0.371. The van der Waals surface area contributed by atoms with E-state index in [2.05, 4.69) is 4.98 Å². The van der Waals surface area contributed by atoms with Gasteiger partial charge in [-0.2, -0.15) is 0 Å². The molecule has 1 heterocycles. The number of rotatable bonds is 2. The van der Waals surface area contributed by atoms with Gasteiger partial charge in [-0.05, 0) is 6.26 Å². The molecule has 1 rings (SSSR count). The monoisotopic (exact) mass is 196 g/mol. The Balaban J connectivity index is 2.83. The van der Waals surface area contributed by atoms with Crippen molar-refractivity contribution >= 4 is 35.0 Å². The van der Waals surface area contributed by atoms with E-state index >= 15 is 0 Å². The van der Waals surface area contributed by atoms with Crippen LogP contribution in [-0.2, 0) is 5.88 Å². The Hall–Kier alpha value is 0.140. The molecule has 0 aliphatic carbocycles. The Morgan fingerprint density at radius 2 is 2.40 bits per heavy atom. The summed E-state index contributed by atoms with van der Waals surface area (Å²) in [6.07, 6.45) is 3.62. The summed E-state index contributed by atoms with van der Waals surface area (Å²) in [6.45, 7) is 0. The van der Waals surface area contributed by atoms with Crippen LogP contribution in [0.3, 0.4) is 0 Å². The second-order valence-electron chi connectivity index (χ2n) is 1.71. The second kappa shape index (κ2) is 3.51. The Bertz CT molecular complexity index is 223. The molecule has 1 aromatic heterocycles. The fraction of sp³-hybridized carbons (Fsp3) is 0.400. The Morgan fingerprint density at radius 1 is 1.70 bits per heavy atom. The van der Waals surface area contributed by atoms with Crippen LogP contribution in [0.15, 0.2) is 6.33 Å². The van der Waals surface area contributed by atoms with Gasteiger partial charge in [0, 0.05) is 0 Å². The van der Waals surface area contributed by atoms with Gasteiger partial charge in [0.1, 0.15) is 5.15 Å². The second-order valence-corrected chi connectivity index (χ2v) is 3.27. The maximum Gasteiger partial charge on any atom is 0.166 e. The number of thioether (sulfide) groups is 1. The first-order valence-corrected chi connectivity index (χ1v) is 4.75. The molecule has 0 N–H and O–H groups in total. The molecule has 0 aliphatic rings. The zero-order chi connectivity index (χ0) is 7.56. The van der Waals surface area contributed by atoms with Crippen molar-refractivity contribution < 1.29 is 0 Å². The number of halogens is 2. The zero-order valence-electron chi connectivity index (χ0n) is 5.34. The third-order valence-corrected chi connectivity index (χ3v) is 2.31. The molecule has 5 heteroatoms. The van der Waals surface area contributed by atoms with Crippen molar-refractivity contribution in [2.75, 3.05) is 6.26 Å². The Labute approximate surface area is 73.5 Å². The molecule has 10 heavy (non-hydrogen) atoms. The highest BCUT2D eigenvalue weighted by molar-refractivity contribution is 7.97. The van der Waals surface area contributed by atoms with Gasteiger partial charge in [0.15, 0.2) is 5.15 Å². The van der Waals surface area contributed by atoms with Crippen molar-refractivity contribution in [3.05, 3.63) is 16.6 Å². The number of hydrogen-bond acceptors (Lipinski definition) is 2. The smallest absolute Gasteiger partial charge is 0.166 e. The molecule has 0 atom stereocenters. The van der Waals surface area contributed by atoms with Gasteiger partial charge in [-0.3, -0.25) is 0 Å². The molecule has 0 aromatic carbocycles. The predicted molar refractivity (Wildman–Crippen MR) is 45.8 cm³/mol. The lowest BCUT2D eigenvalue weighted by atomic mass is 10.9. The Kier molecular flexibility index (Phi) is 2.89. The summed E-state index contributed by atoms with van der Waals surface area (Å²) < 4.78 is 1.79. The molecular weight excluding hydrogens is 191 g/mol. The van der Waals surface area contributed by atoms with Gasteiger partial charge < -0.3 is 4.57 Å². The lowest BCUT2D eigenvalue weighted by Crippen LogP contribution is -1.90. The van der Waals surface area contributed by atoms with Crippen LogP contribution in [0.2, 0.25) is 10.3 Å². The number of nitrogens with zero attached hydrogens (tertiary/aromatic N) is 2. The predicted octanol–water partition coefficient (Wildman–Crippen LogP) is 2.51. The van der Waals surface area contributed by atoms with Crippen LogP contribution in [0.1, 0.15) is 0 Å². The van der Waals surface area contributed by atoms with Crippen LogP contribution in [0.4, 0.5) is 0 Å². The fourth-order valence-electron chi connectivity index (χ4n) is 0.572. The summed E-state index contributed by atoms with van der Waals surface area (Å²) in [5.74, 6) is 0.790. The average Bonchev–Trinajstić information content (AvgIpc) is 2.20. The van der Waals surface area contributed by atoms with E-state index in [0.717, 1.165) is 5.88 Å². The highest BCUT2D eigenvalue weighted by Gasteiger charge is 2.03. The summed E-state index contributed by atoms with van der Waals surface area (Å²) in [5, 5.41) is 0.881. The van der Waals surface area contributed by atoms with E-state index in [4.69, 9.17) is 23.2 Å². The van der Waals surface area contributed by atoms with Gasteiger partial charge >= 0.3 is 0 Å². The fourth-order valence-corrected chi connectivity index (χ4v) is 1.42. The molecular formula is C5H6Cl2N2S. The first kappa shape index (κ1) is 8.24. The Morgan fingerprint density at radius 3 is 2.80 bits per heavy atom. The highest BCUT2D eigenvalue weighted by atomic mass is 35.5. The lowest BCUT2D eigenvalue weighted by Gasteiger charge is -1.97. The van der Waals surface area contributed by atoms with Crippen LogP contribution in [-0.4, -0.2) is 15.8 Å². The van der Waals surface area contributed by atoms with Gasteiger partial charge in [-0.25, -0.2) is 4.98 Å². The molecule has 0 aliphatic heterocycles. The van der Waals surface area contributed by atoms with E-state index < -0.39 is 0 Å². The molecule has 0 bridgehead atoms. The molecule has 0 unspecified atom stereocenters. The largest absolute Gasteiger partial charge is 0.310 e. The molecule has 0 spiro atoms. The molecule has 0 saturated heterocycles. The molecule has 0 radical (unpaired) electrons. The van der Waals surface area contributed by atoms with Crippen LogP contribution < -0.4 is 0 Å². The van der Waals surface area contributed by atoms with Crippen LogP contribution >= 0.6 is 35.0 Å². The van der Waals surface area contributed by atoms with Crippen LogP contribution in [0.5, 0.6) is 0 Å². The van der Waals surface area contributed by atoms with Gasteiger partial charge in [0.2, 0.25) is 0 Å². The van der Waals surface area contributed by atoms with Crippen molar-refractivity contribution in [1.29, 1.82) is 0 Å². The average molecular weight is 197 g/mol. The minimum absolute atomic E-state index is 0.371. The summed E-state index contributed by atoms with van der Waals surface area (Å²) in [7, 11) is 0. The normalized spacial score (nSPS) is 10.3. The van der Waals surface area contributed by atoms with Gasteiger partial charge in [0.25, 0.3) is 0 Å². The first-order chi connectivity index (χ1) is 4.75. The van der Waals surface area contributed by atoms with Crippen molar-refractivity contribution in [2.45, 2.75) is 5.88 Å². The topological polar surface area (TPSA) is 17.8 Å². The molecule has 2 nitrogen and oxygen atoms in total. The van der Waals surface area contributed by atoms with Crippen molar-refractivity contribution in [3.63, 3.8) is 0 Å². The lowest BCUT2D eigenvalue weighted by molar-refractivity contribution is 0.892. The van der Waals surface area contributed by atoms with Crippen LogP contribution in [0, 0.1) is 0 Å². The van der Waals surface area contributed by atoms with E-state index in [1.54, 1.807) is 22.7 Å². The summed E-state index contributed by atoms with van der Waals surface area (Å²) in [4.78, 5) is 3.82. The van der Waals surface area contributed by atoms with Crippen molar-refractivity contribution in [3.8, 4) is 0 Å². The summed E-state index contributed by atoms with van der Waals surface area (Å²) in [5.41, 5.74) is 0. The third-order valence-electron chi connectivity index (χ3n) is 1.00. The van der Waals surface area contributed by atoms with Crippen molar-refractivity contribution in [2.24, 2.45) is 0 Å². The minimum Gasteiger partial charge on any atom is -0.310 e. The molecule has 0 saturated carbocycles. The first-order valence-electron chi connectivity index (χ1n) is 2.60.